The third-order valence-electron chi connectivity index (χ3n) is 4.67. The maximum atomic E-state index is 12.7. The molecule has 1 aliphatic heterocycles. The van der Waals surface area contributed by atoms with Crippen LogP contribution in [0.25, 0.3) is 0 Å². The number of nitrogens with one attached hydrogen (secondary N) is 2. The van der Waals surface area contributed by atoms with Crippen LogP contribution < -0.4 is 0 Å². The molecular formula is C17H24N6O2. The summed E-state index contributed by atoms with van der Waals surface area (Å²) in [7, 11) is 0. The van der Waals surface area contributed by atoms with Crippen LogP contribution in [0, 0.1) is 0 Å². The molecule has 8 heteroatoms. The summed E-state index contributed by atoms with van der Waals surface area (Å²) in [5.41, 5.74) is 1.42. The maximum Gasteiger partial charge on any atom is 0.274 e. The smallest absolute Gasteiger partial charge is 0.274 e. The van der Waals surface area contributed by atoms with E-state index < -0.39 is 0 Å². The lowest BCUT2D eigenvalue weighted by Crippen LogP contribution is -2.42. The Morgan fingerprint density at radius 3 is 2.76 bits per heavy atom. The number of morpholine rings is 1. The van der Waals surface area contributed by atoms with Crippen molar-refractivity contribution in [3.05, 3.63) is 29.1 Å². The van der Waals surface area contributed by atoms with Gasteiger partial charge >= 0.3 is 0 Å². The number of carbonyl (C=O) groups is 1. The summed E-state index contributed by atoms with van der Waals surface area (Å²) < 4.78 is 5.80. The van der Waals surface area contributed by atoms with Crippen molar-refractivity contribution in [2.24, 2.45) is 0 Å². The number of aromatic nitrogens is 5. The lowest BCUT2D eigenvalue weighted by molar-refractivity contribution is -0.0268. The number of H-pyrrole nitrogens is 2. The molecule has 2 fully saturated rings. The molecule has 2 aromatic heterocycles. The molecule has 2 N–H and O–H groups in total. The number of hydrogen-bond acceptors (Lipinski definition) is 5. The van der Waals surface area contributed by atoms with Crippen LogP contribution in [0.1, 0.15) is 73.5 Å². The predicted octanol–water partition coefficient (Wildman–Crippen LogP) is 1.92. The minimum absolute atomic E-state index is 0.0630. The summed E-state index contributed by atoms with van der Waals surface area (Å²) in [4.78, 5) is 19.1. The van der Waals surface area contributed by atoms with E-state index in [-0.39, 0.29) is 17.4 Å². The van der Waals surface area contributed by atoms with Crippen molar-refractivity contribution in [3.8, 4) is 0 Å². The lowest BCUT2D eigenvalue weighted by Gasteiger charge is -2.31. The molecule has 1 atom stereocenters. The molecule has 0 spiro atoms. The number of ether oxygens (including phenoxy) is 1. The summed E-state index contributed by atoms with van der Waals surface area (Å²) in [6, 6.07) is 1.89. The van der Waals surface area contributed by atoms with E-state index in [0.29, 0.717) is 37.1 Å². The minimum Gasteiger partial charge on any atom is -0.367 e. The molecule has 0 aromatic carbocycles. The zero-order valence-corrected chi connectivity index (χ0v) is 14.9. The molecule has 134 valence electrons. The molecular weight excluding hydrogens is 320 g/mol. The van der Waals surface area contributed by atoms with Crippen molar-refractivity contribution in [2.75, 3.05) is 19.7 Å². The number of nitrogens with zero attached hydrogens (tertiary/aromatic N) is 4. The molecule has 0 radical (unpaired) electrons. The van der Waals surface area contributed by atoms with Gasteiger partial charge in [0.1, 0.15) is 11.8 Å². The normalized spacial score (nSPS) is 21.6. The van der Waals surface area contributed by atoms with Crippen LogP contribution in [-0.4, -0.2) is 55.9 Å². The summed E-state index contributed by atoms with van der Waals surface area (Å²) in [6.45, 7) is 7.66. The van der Waals surface area contributed by atoms with Gasteiger partial charge in [0.05, 0.1) is 13.2 Å². The fourth-order valence-electron chi connectivity index (χ4n) is 2.96. The summed E-state index contributed by atoms with van der Waals surface area (Å²) >= 11 is 0. The average molecular weight is 344 g/mol. The Morgan fingerprint density at radius 2 is 2.08 bits per heavy atom. The fourth-order valence-corrected chi connectivity index (χ4v) is 2.96. The van der Waals surface area contributed by atoms with Gasteiger partial charge in [0.15, 0.2) is 11.6 Å². The molecule has 8 nitrogen and oxygen atoms in total. The Balaban J connectivity index is 1.46. The Kier molecular flexibility index (Phi) is 3.87. The van der Waals surface area contributed by atoms with E-state index in [1.165, 1.54) is 12.8 Å². The fraction of sp³-hybridized carbons (Fsp3) is 0.647. The first kappa shape index (κ1) is 16.3. The van der Waals surface area contributed by atoms with E-state index in [1.807, 2.05) is 6.07 Å². The highest BCUT2D eigenvalue weighted by Gasteiger charge is 2.32. The second-order valence-corrected chi connectivity index (χ2v) is 7.89. The van der Waals surface area contributed by atoms with Crippen molar-refractivity contribution in [1.29, 1.82) is 0 Å². The molecule has 1 saturated heterocycles. The van der Waals surface area contributed by atoms with Crippen molar-refractivity contribution >= 4 is 5.91 Å². The van der Waals surface area contributed by atoms with Crippen LogP contribution in [0.15, 0.2) is 6.07 Å². The third kappa shape index (κ3) is 3.30. The molecule has 3 heterocycles. The van der Waals surface area contributed by atoms with Crippen molar-refractivity contribution < 1.29 is 9.53 Å². The van der Waals surface area contributed by atoms with Gasteiger partial charge in [-0.15, -0.1) is 0 Å². The maximum absolute atomic E-state index is 12.7. The van der Waals surface area contributed by atoms with Crippen molar-refractivity contribution in [3.63, 3.8) is 0 Å². The van der Waals surface area contributed by atoms with Crippen molar-refractivity contribution in [1.82, 2.24) is 30.3 Å². The Bertz CT molecular complexity index is 770. The van der Waals surface area contributed by atoms with Gasteiger partial charge in [-0.2, -0.15) is 10.2 Å². The lowest BCUT2D eigenvalue weighted by atomic mass is 9.96. The van der Waals surface area contributed by atoms with Gasteiger partial charge in [0, 0.05) is 23.6 Å². The Morgan fingerprint density at radius 1 is 1.28 bits per heavy atom. The SMILES string of the molecule is CC(C)(C)c1n[nH]c(C2CN(C(=O)c3cc(C4CC4)[nH]n3)CCO2)n1. The predicted molar refractivity (Wildman–Crippen MR) is 90.2 cm³/mol. The van der Waals surface area contributed by atoms with Gasteiger partial charge in [0.2, 0.25) is 0 Å². The van der Waals surface area contributed by atoms with E-state index in [0.717, 1.165) is 11.5 Å². The number of carbonyl (C=O) groups excluding carboxylic acids is 1. The molecule has 0 bridgehead atoms. The van der Waals surface area contributed by atoms with Crippen LogP contribution in [0.4, 0.5) is 0 Å². The zero-order valence-electron chi connectivity index (χ0n) is 14.9. The molecule has 2 aromatic rings. The molecule has 2 aliphatic rings. The molecule has 4 rings (SSSR count). The van der Waals surface area contributed by atoms with E-state index in [9.17, 15) is 4.79 Å². The van der Waals surface area contributed by atoms with E-state index in [1.54, 1.807) is 4.90 Å². The average Bonchev–Trinajstić information content (AvgIpc) is 3.12. The molecule has 1 amide bonds. The van der Waals surface area contributed by atoms with E-state index in [2.05, 4.69) is 46.1 Å². The number of rotatable bonds is 3. The molecule has 25 heavy (non-hydrogen) atoms. The second kappa shape index (κ2) is 5.94. The highest BCUT2D eigenvalue weighted by Crippen LogP contribution is 2.39. The van der Waals surface area contributed by atoms with Gasteiger partial charge in [-0.25, -0.2) is 4.98 Å². The number of amides is 1. The van der Waals surface area contributed by atoms with E-state index >= 15 is 0 Å². The summed E-state index contributed by atoms with van der Waals surface area (Å²) in [5.74, 6) is 1.91. The topological polar surface area (TPSA) is 99.8 Å². The molecule has 1 saturated carbocycles. The van der Waals surface area contributed by atoms with Crippen LogP contribution >= 0.6 is 0 Å². The number of aromatic amines is 2. The van der Waals surface area contributed by atoms with Crippen LogP contribution in [0.3, 0.4) is 0 Å². The largest absolute Gasteiger partial charge is 0.367 e. The van der Waals surface area contributed by atoms with Gasteiger partial charge in [-0.3, -0.25) is 15.0 Å². The quantitative estimate of drug-likeness (QED) is 0.886. The first-order chi connectivity index (χ1) is 11.9. The van der Waals surface area contributed by atoms with Crippen LogP contribution in [0.2, 0.25) is 0 Å². The minimum atomic E-state index is -0.289. The van der Waals surface area contributed by atoms with Gasteiger partial charge < -0.3 is 9.64 Å². The Hall–Kier alpha value is -2.22. The zero-order chi connectivity index (χ0) is 17.6. The van der Waals surface area contributed by atoms with Crippen LogP contribution in [0.5, 0.6) is 0 Å². The van der Waals surface area contributed by atoms with E-state index in [4.69, 9.17) is 4.74 Å². The molecule has 1 unspecified atom stereocenters. The summed E-state index contributed by atoms with van der Waals surface area (Å²) in [5, 5.41) is 14.4. The van der Waals surface area contributed by atoms with Gasteiger partial charge in [-0.1, -0.05) is 20.8 Å². The van der Waals surface area contributed by atoms with Gasteiger partial charge in [-0.05, 0) is 18.9 Å². The van der Waals surface area contributed by atoms with Crippen LogP contribution in [-0.2, 0) is 10.2 Å². The summed E-state index contributed by atoms with van der Waals surface area (Å²) in [6.07, 6.45) is 2.07. The number of hydrogen-bond donors (Lipinski definition) is 2. The first-order valence-corrected chi connectivity index (χ1v) is 8.81. The first-order valence-electron chi connectivity index (χ1n) is 8.81. The third-order valence-corrected chi connectivity index (χ3v) is 4.67. The molecule has 1 aliphatic carbocycles. The Labute approximate surface area is 146 Å². The highest BCUT2D eigenvalue weighted by molar-refractivity contribution is 5.92. The van der Waals surface area contributed by atoms with Crippen molar-refractivity contribution in [2.45, 2.75) is 51.0 Å². The monoisotopic (exact) mass is 344 g/mol. The van der Waals surface area contributed by atoms with Gasteiger partial charge in [0.25, 0.3) is 5.91 Å². The highest BCUT2D eigenvalue weighted by atomic mass is 16.5. The standard InChI is InChI=1S/C17H24N6O2/c1-17(2,3)16-18-14(21-22-16)13-9-23(6-7-25-13)15(24)12-8-11(19-20-12)10-4-5-10/h8,10,13H,4-7,9H2,1-3H3,(H,19,20)(H,18,21,22). The second-order valence-electron chi connectivity index (χ2n) is 7.89.